The Balaban J connectivity index is 1.58. The van der Waals surface area contributed by atoms with Gasteiger partial charge in [-0.2, -0.15) is 0 Å². The van der Waals surface area contributed by atoms with Crippen LogP contribution in [0.5, 0.6) is 5.75 Å². The van der Waals surface area contributed by atoms with Crippen LogP contribution < -0.4 is 4.74 Å². The van der Waals surface area contributed by atoms with Crippen molar-refractivity contribution in [3.05, 3.63) is 106 Å². The second kappa shape index (κ2) is 8.99. The molecular weight excluding hydrogens is 450 g/mol. The van der Waals surface area contributed by atoms with Crippen LogP contribution in [0.4, 0.5) is 0 Å². The first kappa shape index (κ1) is 22.2. The molecule has 1 fully saturated rings. The number of hydrogen-bond acceptors (Lipinski definition) is 4. The van der Waals surface area contributed by atoms with Gasteiger partial charge in [-0.05, 0) is 60.4 Å². The fraction of sp³-hybridized carbons (Fsp3) is 0.214. The van der Waals surface area contributed by atoms with Crippen molar-refractivity contribution >= 4 is 29.1 Å². The van der Waals surface area contributed by atoms with E-state index in [2.05, 4.69) is 0 Å². The predicted octanol–water partition coefficient (Wildman–Crippen LogP) is 5.33. The highest BCUT2D eigenvalue weighted by Crippen LogP contribution is 2.41. The third-order valence-corrected chi connectivity index (χ3v) is 6.59. The molecule has 0 radical (unpaired) electrons. The van der Waals surface area contributed by atoms with Crippen molar-refractivity contribution in [3.8, 4) is 5.75 Å². The number of amides is 1. The maximum Gasteiger partial charge on any atom is 0.295 e. The van der Waals surface area contributed by atoms with Crippen LogP contribution >= 0.6 is 11.6 Å². The van der Waals surface area contributed by atoms with Gasteiger partial charge in [0.05, 0.1) is 11.6 Å². The molecule has 5 nitrogen and oxygen atoms in total. The minimum absolute atomic E-state index is 0.0578. The normalized spacial score (nSPS) is 20.9. The van der Waals surface area contributed by atoms with E-state index in [-0.39, 0.29) is 17.4 Å². The summed E-state index contributed by atoms with van der Waals surface area (Å²) >= 11 is 6.26. The van der Waals surface area contributed by atoms with Gasteiger partial charge in [-0.1, -0.05) is 54.1 Å². The second-order valence-corrected chi connectivity index (χ2v) is 9.17. The summed E-state index contributed by atoms with van der Waals surface area (Å²) in [5.41, 5.74) is 3.27. The van der Waals surface area contributed by atoms with Gasteiger partial charge in [-0.3, -0.25) is 9.59 Å². The Morgan fingerprint density at radius 2 is 1.85 bits per heavy atom. The van der Waals surface area contributed by atoms with E-state index in [0.717, 1.165) is 23.3 Å². The molecular formula is C28H24ClNO4. The first-order valence-corrected chi connectivity index (χ1v) is 11.7. The van der Waals surface area contributed by atoms with Gasteiger partial charge in [-0.25, -0.2) is 0 Å². The van der Waals surface area contributed by atoms with Crippen molar-refractivity contribution < 1.29 is 19.4 Å². The molecule has 2 atom stereocenters. The molecule has 2 aliphatic heterocycles. The zero-order valence-corrected chi connectivity index (χ0v) is 19.5. The Morgan fingerprint density at radius 1 is 1.06 bits per heavy atom. The Labute approximate surface area is 203 Å². The van der Waals surface area contributed by atoms with E-state index in [1.807, 2.05) is 49.4 Å². The molecule has 0 spiro atoms. The lowest BCUT2D eigenvalue weighted by molar-refractivity contribution is -0.139. The molecule has 34 heavy (non-hydrogen) atoms. The van der Waals surface area contributed by atoms with Gasteiger partial charge in [0.1, 0.15) is 17.6 Å². The molecule has 1 saturated heterocycles. The average molecular weight is 474 g/mol. The van der Waals surface area contributed by atoms with E-state index in [9.17, 15) is 14.7 Å². The van der Waals surface area contributed by atoms with Gasteiger partial charge < -0.3 is 14.7 Å². The summed E-state index contributed by atoms with van der Waals surface area (Å²) in [6.45, 7) is 2.31. The largest absolute Gasteiger partial charge is 0.507 e. The summed E-state index contributed by atoms with van der Waals surface area (Å²) in [6.07, 6.45) is 1.36. The number of fused-ring (bicyclic) bond motifs is 1. The lowest BCUT2D eigenvalue weighted by atomic mass is 9.94. The number of aliphatic hydroxyl groups excluding tert-OH is 1. The topological polar surface area (TPSA) is 66.8 Å². The van der Waals surface area contributed by atoms with Gasteiger partial charge in [0.2, 0.25) is 0 Å². The van der Waals surface area contributed by atoms with Crippen molar-refractivity contribution in [2.75, 3.05) is 6.54 Å². The third-order valence-electron chi connectivity index (χ3n) is 6.36. The molecule has 1 amide bonds. The number of nitrogens with zero attached hydrogens (tertiary/aromatic N) is 1. The molecule has 2 unspecified atom stereocenters. The van der Waals surface area contributed by atoms with E-state index < -0.39 is 17.7 Å². The molecule has 172 valence electrons. The molecule has 2 aliphatic rings. The van der Waals surface area contributed by atoms with Crippen LogP contribution in [0.2, 0.25) is 5.02 Å². The number of carbonyl (C=O) groups excluding carboxylic acids is 2. The number of ketones is 1. The number of benzene rings is 3. The number of hydrogen-bond donors (Lipinski definition) is 1. The summed E-state index contributed by atoms with van der Waals surface area (Å²) in [5.74, 6) is -0.729. The summed E-state index contributed by atoms with van der Waals surface area (Å²) in [6, 6.07) is 21.5. The van der Waals surface area contributed by atoms with Crippen LogP contribution in [0.25, 0.3) is 5.76 Å². The first-order chi connectivity index (χ1) is 16.4. The molecule has 0 saturated carbocycles. The number of halogens is 1. The highest BCUT2D eigenvalue weighted by atomic mass is 35.5. The van der Waals surface area contributed by atoms with Gasteiger partial charge in [0.25, 0.3) is 11.7 Å². The van der Waals surface area contributed by atoms with Crippen molar-refractivity contribution in [1.82, 2.24) is 4.90 Å². The standard InChI is InChI=1S/C28H24ClNO4/c1-17-14-21-15-20(10-11-23(21)34-17)26(31)24-25(19-8-5-9-22(29)16-19)30(28(33)27(24)32)13-12-18-6-3-2-4-7-18/h2-11,15-17,25,31H,12-14H2,1H3. The Kier molecular flexibility index (Phi) is 5.88. The highest BCUT2D eigenvalue weighted by Gasteiger charge is 2.46. The number of Topliss-reactive ketones (excluding diaryl/α,β-unsaturated/α-hetero) is 1. The lowest BCUT2D eigenvalue weighted by Gasteiger charge is -2.25. The quantitative estimate of drug-likeness (QED) is 0.309. The maximum absolute atomic E-state index is 13.2. The lowest BCUT2D eigenvalue weighted by Crippen LogP contribution is -2.31. The first-order valence-electron chi connectivity index (χ1n) is 11.3. The zero-order chi connectivity index (χ0) is 23.8. The molecule has 0 bridgehead atoms. The van der Waals surface area contributed by atoms with Crippen LogP contribution in [0.15, 0.2) is 78.4 Å². The zero-order valence-electron chi connectivity index (χ0n) is 18.7. The van der Waals surface area contributed by atoms with Crippen LogP contribution in [-0.2, 0) is 22.4 Å². The molecule has 0 aromatic heterocycles. The summed E-state index contributed by atoms with van der Waals surface area (Å²) < 4.78 is 5.76. The fourth-order valence-electron chi connectivity index (χ4n) is 4.75. The number of aliphatic hydroxyl groups is 1. The van der Waals surface area contributed by atoms with Gasteiger partial charge >= 0.3 is 0 Å². The number of rotatable bonds is 5. The molecule has 2 heterocycles. The minimum atomic E-state index is -0.731. The van der Waals surface area contributed by atoms with E-state index >= 15 is 0 Å². The van der Waals surface area contributed by atoms with Crippen LogP contribution in [0.3, 0.4) is 0 Å². The highest BCUT2D eigenvalue weighted by molar-refractivity contribution is 6.46. The van der Waals surface area contributed by atoms with Crippen molar-refractivity contribution in [1.29, 1.82) is 0 Å². The fourth-order valence-corrected chi connectivity index (χ4v) is 4.95. The average Bonchev–Trinajstić information content (AvgIpc) is 3.33. The number of carbonyl (C=O) groups is 2. The Bertz CT molecular complexity index is 1300. The number of likely N-dealkylation sites (tertiary alicyclic amines) is 1. The summed E-state index contributed by atoms with van der Waals surface area (Å²) in [4.78, 5) is 27.9. The van der Waals surface area contributed by atoms with Crippen molar-refractivity contribution in [2.45, 2.75) is 31.9 Å². The van der Waals surface area contributed by atoms with Crippen molar-refractivity contribution in [3.63, 3.8) is 0 Å². The van der Waals surface area contributed by atoms with E-state index in [4.69, 9.17) is 16.3 Å². The van der Waals surface area contributed by atoms with Crippen molar-refractivity contribution in [2.24, 2.45) is 0 Å². The number of ether oxygens (including phenoxy) is 1. The maximum atomic E-state index is 13.2. The van der Waals surface area contributed by atoms with Crippen LogP contribution in [0.1, 0.15) is 35.2 Å². The van der Waals surface area contributed by atoms with Crippen LogP contribution in [0, 0.1) is 0 Å². The third kappa shape index (κ3) is 4.08. The van der Waals surface area contributed by atoms with E-state index in [1.165, 1.54) is 4.90 Å². The molecule has 3 aromatic rings. The van der Waals surface area contributed by atoms with Gasteiger partial charge in [0, 0.05) is 23.6 Å². The van der Waals surface area contributed by atoms with E-state index in [0.29, 0.717) is 29.1 Å². The Morgan fingerprint density at radius 3 is 2.62 bits per heavy atom. The predicted molar refractivity (Wildman–Crippen MR) is 131 cm³/mol. The molecule has 1 N–H and O–H groups in total. The molecule has 5 rings (SSSR count). The SMILES string of the molecule is CC1Cc2cc(C(O)=C3C(=O)C(=O)N(CCc4ccccc4)C3c3cccc(Cl)c3)ccc2O1. The van der Waals surface area contributed by atoms with Crippen LogP contribution in [-0.4, -0.2) is 34.3 Å². The summed E-state index contributed by atoms with van der Waals surface area (Å²) in [5, 5.41) is 11.8. The Hall–Kier alpha value is -3.57. The molecule has 3 aromatic carbocycles. The van der Waals surface area contributed by atoms with E-state index in [1.54, 1.807) is 30.3 Å². The molecule has 6 heteroatoms. The minimum Gasteiger partial charge on any atom is -0.507 e. The smallest absolute Gasteiger partial charge is 0.295 e. The monoisotopic (exact) mass is 473 g/mol. The molecule has 0 aliphatic carbocycles. The van der Waals surface area contributed by atoms with Gasteiger partial charge in [0.15, 0.2) is 0 Å². The summed E-state index contributed by atoms with van der Waals surface area (Å²) in [7, 11) is 0. The van der Waals surface area contributed by atoms with Gasteiger partial charge in [-0.15, -0.1) is 0 Å². The second-order valence-electron chi connectivity index (χ2n) is 8.74.